The lowest BCUT2D eigenvalue weighted by atomic mass is 9.92. The van der Waals surface area contributed by atoms with Crippen molar-refractivity contribution in [3.63, 3.8) is 0 Å². The Morgan fingerprint density at radius 3 is 2.45 bits per heavy atom. The van der Waals surface area contributed by atoms with Gasteiger partial charge in [-0.25, -0.2) is 0 Å². The number of hydrogen-bond acceptors (Lipinski definition) is 5. The largest absolute Gasteiger partial charge is 0.398 e. The summed E-state index contributed by atoms with van der Waals surface area (Å²) in [4.78, 5) is 22.7. The minimum atomic E-state index is -0.335. The molecule has 1 N–H and O–H groups in total. The number of amides is 1. The second kappa shape index (κ2) is 9.09. The lowest BCUT2D eigenvalue weighted by molar-refractivity contribution is -0.114. The summed E-state index contributed by atoms with van der Waals surface area (Å²) >= 11 is 6.01. The van der Waals surface area contributed by atoms with E-state index < -0.39 is 0 Å². The molecule has 1 saturated carbocycles. The standard InChI is InChI=1S/C22H24ClN3O3/c1-15(22(12-13-22)17-8-10-18(23)11-9-17)25-29-14-16-6-4-5-7-19(16)20(26-28-3)21(27)24-2/h4-11H,12-14H2,1-3H3,(H,24,27)/b25-15+,26-20-. The van der Waals surface area contributed by atoms with Crippen molar-refractivity contribution >= 4 is 28.9 Å². The van der Waals surface area contributed by atoms with Gasteiger partial charge in [0.05, 0.1) is 5.71 Å². The molecule has 29 heavy (non-hydrogen) atoms. The van der Waals surface area contributed by atoms with E-state index in [1.165, 1.54) is 12.7 Å². The topological polar surface area (TPSA) is 72.3 Å². The van der Waals surface area contributed by atoms with Gasteiger partial charge >= 0.3 is 0 Å². The Morgan fingerprint density at radius 1 is 1.14 bits per heavy atom. The molecule has 0 spiro atoms. The number of nitrogens with zero attached hydrogens (tertiary/aromatic N) is 2. The van der Waals surface area contributed by atoms with Crippen molar-refractivity contribution in [1.29, 1.82) is 0 Å². The molecule has 0 heterocycles. The maximum atomic E-state index is 12.2. The summed E-state index contributed by atoms with van der Waals surface area (Å²) in [6, 6.07) is 15.3. The van der Waals surface area contributed by atoms with Crippen LogP contribution in [0.5, 0.6) is 0 Å². The third-order valence-corrected chi connectivity index (χ3v) is 5.41. The minimum Gasteiger partial charge on any atom is -0.398 e. The van der Waals surface area contributed by atoms with Gasteiger partial charge < -0.3 is 15.0 Å². The fourth-order valence-electron chi connectivity index (χ4n) is 3.34. The number of nitrogens with one attached hydrogen (secondary N) is 1. The predicted molar refractivity (Wildman–Crippen MR) is 114 cm³/mol. The fourth-order valence-corrected chi connectivity index (χ4v) is 3.47. The van der Waals surface area contributed by atoms with E-state index in [4.69, 9.17) is 21.3 Å². The maximum Gasteiger partial charge on any atom is 0.273 e. The summed E-state index contributed by atoms with van der Waals surface area (Å²) in [6.45, 7) is 2.19. The highest BCUT2D eigenvalue weighted by atomic mass is 35.5. The molecule has 1 aliphatic carbocycles. The van der Waals surface area contributed by atoms with Crippen molar-refractivity contribution in [2.45, 2.75) is 31.8 Å². The molecule has 0 radical (unpaired) electrons. The third kappa shape index (κ3) is 4.59. The first-order valence-electron chi connectivity index (χ1n) is 9.36. The van der Waals surface area contributed by atoms with Gasteiger partial charge in [0.25, 0.3) is 5.91 Å². The first-order valence-corrected chi connectivity index (χ1v) is 9.74. The van der Waals surface area contributed by atoms with E-state index in [0.717, 1.165) is 29.1 Å². The molecule has 6 nitrogen and oxygen atoms in total. The first-order chi connectivity index (χ1) is 14.0. The molecule has 0 aliphatic heterocycles. The summed E-state index contributed by atoms with van der Waals surface area (Å²) in [5.74, 6) is -0.335. The fraction of sp³-hybridized carbons (Fsp3) is 0.318. The average Bonchev–Trinajstić information content (AvgIpc) is 3.54. The Kier molecular flexibility index (Phi) is 6.54. The van der Waals surface area contributed by atoms with Crippen LogP contribution in [-0.4, -0.2) is 31.5 Å². The summed E-state index contributed by atoms with van der Waals surface area (Å²) in [5, 5.41) is 11.5. The van der Waals surface area contributed by atoms with E-state index in [0.29, 0.717) is 5.56 Å². The van der Waals surface area contributed by atoms with E-state index in [-0.39, 0.29) is 23.6 Å². The van der Waals surface area contributed by atoms with Crippen LogP contribution >= 0.6 is 11.6 Å². The second-order valence-corrected chi connectivity index (χ2v) is 7.33. The van der Waals surface area contributed by atoms with Gasteiger partial charge in [0.2, 0.25) is 0 Å². The number of hydrogen-bond donors (Lipinski definition) is 1. The van der Waals surface area contributed by atoms with Crippen LogP contribution < -0.4 is 5.32 Å². The molecule has 0 saturated heterocycles. The van der Waals surface area contributed by atoms with Crippen LogP contribution in [0.15, 0.2) is 58.8 Å². The lowest BCUT2D eigenvalue weighted by Gasteiger charge is -2.16. The van der Waals surface area contributed by atoms with Crippen LogP contribution in [0.4, 0.5) is 0 Å². The lowest BCUT2D eigenvalue weighted by Crippen LogP contribution is -2.29. The van der Waals surface area contributed by atoms with Crippen LogP contribution in [0.2, 0.25) is 5.02 Å². The highest BCUT2D eigenvalue weighted by Gasteiger charge is 2.47. The van der Waals surface area contributed by atoms with E-state index >= 15 is 0 Å². The Labute approximate surface area is 175 Å². The van der Waals surface area contributed by atoms with Crippen LogP contribution in [0.1, 0.15) is 36.5 Å². The summed E-state index contributed by atoms with van der Waals surface area (Å²) in [6.07, 6.45) is 2.07. The van der Waals surface area contributed by atoms with Gasteiger partial charge in [-0.2, -0.15) is 0 Å². The summed E-state index contributed by atoms with van der Waals surface area (Å²) in [7, 11) is 2.95. The number of carbonyl (C=O) groups excluding carboxylic acids is 1. The molecule has 0 atom stereocenters. The molecule has 1 aliphatic rings. The highest BCUT2D eigenvalue weighted by molar-refractivity contribution is 6.45. The van der Waals surface area contributed by atoms with Gasteiger partial charge in [0.15, 0.2) is 5.71 Å². The van der Waals surface area contributed by atoms with Gasteiger partial charge in [-0.15, -0.1) is 0 Å². The molecule has 0 aromatic heterocycles. The van der Waals surface area contributed by atoms with E-state index in [2.05, 4.69) is 15.6 Å². The molecule has 0 unspecified atom stereocenters. The molecule has 1 amide bonds. The van der Waals surface area contributed by atoms with Crippen LogP contribution in [0.25, 0.3) is 0 Å². The number of rotatable bonds is 8. The predicted octanol–water partition coefficient (Wildman–Crippen LogP) is 4.06. The SMILES string of the molecule is CNC(=O)/C(=N\OC)c1ccccc1CO/N=C(\C)C1(c2ccc(Cl)cc2)CC1. The average molecular weight is 414 g/mol. The maximum absolute atomic E-state index is 12.2. The van der Waals surface area contributed by atoms with Crippen molar-refractivity contribution in [2.24, 2.45) is 10.3 Å². The van der Waals surface area contributed by atoms with Gasteiger partial charge in [0.1, 0.15) is 13.7 Å². The zero-order valence-corrected chi connectivity index (χ0v) is 17.5. The van der Waals surface area contributed by atoms with Gasteiger partial charge in [-0.3, -0.25) is 4.79 Å². The van der Waals surface area contributed by atoms with Gasteiger partial charge in [-0.1, -0.05) is 58.3 Å². The Hall–Kier alpha value is -2.86. The van der Waals surface area contributed by atoms with E-state index in [9.17, 15) is 4.79 Å². The van der Waals surface area contributed by atoms with Crippen LogP contribution in [0.3, 0.4) is 0 Å². The molecule has 152 valence electrons. The number of carbonyl (C=O) groups is 1. The number of halogens is 1. The number of oxime groups is 2. The summed E-state index contributed by atoms with van der Waals surface area (Å²) < 4.78 is 0. The Balaban J connectivity index is 1.76. The molecule has 2 aromatic rings. The number of likely N-dealkylation sites (N-methyl/N-ethyl adjacent to an activating group) is 1. The number of benzene rings is 2. The monoisotopic (exact) mass is 413 g/mol. The smallest absolute Gasteiger partial charge is 0.273 e. The second-order valence-electron chi connectivity index (χ2n) is 6.90. The third-order valence-electron chi connectivity index (χ3n) is 5.16. The van der Waals surface area contributed by atoms with E-state index in [1.54, 1.807) is 13.1 Å². The highest BCUT2D eigenvalue weighted by Crippen LogP contribution is 2.49. The molecule has 1 fully saturated rings. The van der Waals surface area contributed by atoms with Crippen LogP contribution in [0, 0.1) is 0 Å². The molecule has 7 heteroatoms. The van der Waals surface area contributed by atoms with Crippen molar-refractivity contribution in [3.05, 3.63) is 70.2 Å². The van der Waals surface area contributed by atoms with Gasteiger partial charge in [0, 0.05) is 28.6 Å². The van der Waals surface area contributed by atoms with E-state index in [1.807, 2.05) is 49.4 Å². The zero-order chi connectivity index (χ0) is 20.9. The minimum absolute atomic E-state index is 0.0745. The normalized spacial score (nSPS) is 15.6. The van der Waals surface area contributed by atoms with Crippen molar-refractivity contribution in [3.8, 4) is 0 Å². The van der Waals surface area contributed by atoms with Crippen molar-refractivity contribution in [1.82, 2.24) is 5.32 Å². The quantitative estimate of drug-likeness (QED) is 0.524. The molecular weight excluding hydrogens is 390 g/mol. The molecule has 2 aromatic carbocycles. The molecular formula is C22H24ClN3O3. The summed E-state index contributed by atoms with van der Waals surface area (Å²) in [5.41, 5.74) is 3.67. The molecule has 3 rings (SSSR count). The van der Waals surface area contributed by atoms with Gasteiger partial charge in [-0.05, 0) is 37.5 Å². The molecule has 0 bridgehead atoms. The Bertz CT molecular complexity index is 935. The van der Waals surface area contributed by atoms with Crippen molar-refractivity contribution < 1.29 is 14.5 Å². The van der Waals surface area contributed by atoms with Crippen LogP contribution in [-0.2, 0) is 26.5 Å². The van der Waals surface area contributed by atoms with Crippen molar-refractivity contribution in [2.75, 3.05) is 14.2 Å². The Morgan fingerprint density at radius 2 is 1.83 bits per heavy atom. The first kappa shape index (κ1) is 20.9. The zero-order valence-electron chi connectivity index (χ0n) is 16.7.